The molecule has 0 radical (unpaired) electrons. The highest BCUT2D eigenvalue weighted by atomic mass is 32.1. The Morgan fingerprint density at radius 1 is 1.17 bits per heavy atom. The summed E-state index contributed by atoms with van der Waals surface area (Å²) in [5, 5.41) is 8.85. The third-order valence-corrected chi connectivity index (χ3v) is 4.51. The van der Waals surface area contributed by atoms with Crippen molar-refractivity contribution in [3.8, 4) is 0 Å². The molecule has 1 N–H and O–H groups in total. The molecule has 0 aliphatic rings. The van der Waals surface area contributed by atoms with Crippen molar-refractivity contribution in [1.29, 1.82) is 0 Å². The molecule has 0 bridgehead atoms. The quantitative estimate of drug-likeness (QED) is 0.626. The molecule has 0 spiro atoms. The van der Waals surface area contributed by atoms with Gasteiger partial charge in [0.25, 0.3) is 5.56 Å². The summed E-state index contributed by atoms with van der Waals surface area (Å²) in [6.07, 6.45) is 0.974. The fourth-order valence-corrected chi connectivity index (χ4v) is 3.32. The number of nitrogens with one attached hydrogen (secondary N) is 1. The molecule has 2 aromatic carbocycles. The zero-order valence-corrected chi connectivity index (χ0v) is 13.3. The number of benzene rings is 2. The predicted molar refractivity (Wildman–Crippen MR) is 93.7 cm³/mol. The monoisotopic (exact) mass is 322 g/mol. The van der Waals surface area contributed by atoms with Crippen LogP contribution < -0.4 is 10.9 Å². The first-order valence-corrected chi connectivity index (χ1v) is 8.21. The minimum Gasteiger partial charge on any atom is -0.330 e. The lowest BCUT2D eigenvalue weighted by atomic mass is 10.1. The van der Waals surface area contributed by atoms with Gasteiger partial charge in [-0.2, -0.15) is 4.52 Å². The van der Waals surface area contributed by atoms with E-state index in [0.29, 0.717) is 21.0 Å². The normalized spacial score (nSPS) is 11.2. The molecular formula is C17H14N4OS. The van der Waals surface area contributed by atoms with Gasteiger partial charge in [0, 0.05) is 5.69 Å². The van der Waals surface area contributed by atoms with Gasteiger partial charge in [-0.25, -0.2) is 4.98 Å². The SMILES string of the molecule is CCc1cccc(Nc2nn3c(=O)c4ccccc4nc3s2)c1. The highest BCUT2D eigenvalue weighted by Gasteiger charge is 2.10. The Labute approximate surface area is 136 Å². The average molecular weight is 322 g/mol. The second-order valence-corrected chi connectivity index (χ2v) is 6.17. The van der Waals surface area contributed by atoms with Crippen LogP contribution in [0.4, 0.5) is 10.8 Å². The minimum atomic E-state index is -0.141. The van der Waals surface area contributed by atoms with E-state index in [1.807, 2.05) is 30.3 Å². The van der Waals surface area contributed by atoms with Gasteiger partial charge in [0.05, 0.1) is 10.9 Å². The van der Waals surface area contributed by atoms with Gasteiger partial charge in [0.15, 0.2) is 0 Å². The second kappa shape index (κ2) is 5.48. The highest BCUT2D eigenvalue weighted by Crippen LogP contribution is 2.23. The topological polar surface area (TPSA) is 59.3 Å². The van der Waals surface area contributed by atoms with E-state index in [-0.39, 0.29) is 5.56 Å². The molecular weight excluding hydrogens is 308 g/mol. The molecule has 0 atom stereocenters. The van der Waals surface area contributed by atoms with Crippen molar-refractivity contribution in [2.45, 2.75) is 13.3 Å². The summed E-state index contributed by atoms with van der Waals surface area (Å²) < 4.78 is 1.36. The van der Waals surface area contributed by atoms with E-state index in [1.54, 1.807) is 6.07 Å². The van der Waals surface area contributed by atoms with Crippen molar-refractivity contribution in [3.63, 3.8) is 0 Å². The molecule has 0 aliphatic heterocycles. The summed E-state index contributed by atoms with van der Waals surface area (Å²) in [6, 6.07) is 15.5. The van der Waals surface area contributed by atoms with Crippen molar-refractivity contribution in [2.75, 3.05) is 5.32 Å². The summed E-state index contributed by atoms with van der Waals surface area (Å²) >= 11 is 1.36. The first-order valence-electron chi connectivity index (χ1n) is 7.39. The predicted octanol–water partition coefficient (Wildman–Crippen LogP) is 3.61. The largest absolute Gasteiger partial charge is 0.330 e. The number of fused-ring (bicyclic) bond motifs is 2. The van der Waals surface area contributed by atoms with E-state index in [1.165, 1.54) is 21.4 Å². The summed E-state index contributed by atoms with van der Waals surface area (Å²) in [5.41, 5.74) is 2.76. The third kappa shape index (κ3) is 2.47. The number of aromatic nitrogens is 3. The van der Waals surface area contributed by atoms with Crippen LogP contribution in [0, 0.1) is 0 Å². The molecule has 0 amide bonds. The molecule has 0 saturated heterocycles. The van der Waals surface area contributed by atoms with Gasteiger partial charge >= 0.3 is 0 Å². The summed E-state index contributed by atoms with van der Waals surface area (Å²) in [5.74, 6) is 0. The van der Waals surface area contributed by atoms with Gasteiger partial charge in [0.1, 0.15) is 0 Å². The fraction of sp³-hybridized carbons (Fsp3) is 0.118. The van der Waals surface area contributed by atoms with Crippen LogP contribution in [0.2, 0.25) is 0 Å². The number of nitrogens with zero attached hydrogens (tertiary/aromatic N) is 3. The molecule has 0 unspecified atom stereocenters. The first kappa shape index (κ1) is 13.9. The molecule has 114 valence electrons. The van der Waals surface area contributed by atoms with Crippen molar-refractivity contribution in [1.82, 2.24) is 14.6 Å². The number of anilines is 2. The van der Waals surface area contributed by atoms with Crippen molar-refractivity contribution < 1.29 is 0 Å². The van der Waals surface area contributed by atoms with Crippen LogP contribution in [0.5, 0.6) is 0 Å². The molecule has 0 aliphatic carbocycles. The third-order valence-electron chi connectivity index (χ3n) is 3.69. The number of rotatable bonds is 3. The Bertz CT molecular complexity index is 1070. The molecule has 4 aromatic rings. The van der Waals surface area contributed by atoms with E-state index in [9.17, 15) is 4.79 Å². The van der Waals surface area contributed by atoms with E-state index >= 15 is 0 Å². The van der Waals surface area contributed by atoms with E-state index in [4.69, 9.17) is 0 Å². The smallest absolute Gasteiger partial charge is 0.283 e. The number of para-hydroxylation sites is 1. The Hall–Kier alpha value is -2.73. The highest BCUT2D eigenvalue weighted by molar-refractivity contribution is 7.20. The molecule has 5 nitrogen and oxygen atoms in total. The fourth-order valence-electron chi connectivity index (χ4n) is 2.50. The van der Waals surface area contributed by atoms with Crippen molar-refractivity contribution in [3.05, 3.63) is 64.4 Å². The van der Waals surface area contributed by atoms with Gasteiger partial charge < -0.3 is 5.32 Å². The van der Waals surface area contributed by atoms with E-state index in [0.717, 1.165) is 12.1 Å². The lowest BCUT2D eigenvalue weighted by Crippen LogP contribution is -2.15. The number of aryl methyl sites for hydroxylation is 1. The summed E-state index contributed by atoms with van der Waals surface area (Å²) in [6.45, 7) is 2.12. The van der Waals surface area contributed by atoms with Gasteiger partial charge in [0.2, 0.25) is 10.1 Å². The van der Waals surface area contributed by atoms with Crippen LogP contribution >= 0.6 is 11.3 Å². The molecule has 2 heterocycles. The Kier molecular flexibility index (Phi) is 3.31. The van der Waals surface area contributed by atoms with E-state index < -0.39 is 0 Å². The minimum absolute atomic E-state index is 0.141. The van der Waals surface area contributed by atoms with E-state index in [2.05, 4.69) is 34.5 Å². The Morgan fingerprint density at radius 3 is 2.91 bits per heavy atom. The summed E-state index contributed by atoms with van der Waals surface area (Å²) in [4.78, 5) is 17.6. The maximum atomic E-state index is 12.5. The zero-order valence-electron chi connectivity index (χ0n) is 12.5. The molecule has 2 aromatic heterocycles. The van der Waals surface area contributed by atoms with Crippen molar-refractivity contribution in [2.24, 2.45) is 0 Å². The molecule has 4 rings (SSSR count). The van der Waals surface area contributed by atoms with Crippen LogP contribution in [-0.4, -0.2) is 14.6 Å². The molecule has 23 heavy (non-hydrogen) atoms. The molecule has 6 heteroatoms. The number of hydrogen-bond acceptors (Lipinski definition) is 5. The van der Waals surface area contributed by atoms with Crippen LogP contribution in [0.15, 0.2) is 53.3 Å². The average Bonchev–Trinajstić information content (AvgIpc) is 2.98. The van der Waals surface area contributed by atoms with Crippen LogP contribution in [-0.2, 0) is 6.42 Å². The maximum Gasteiger partial charge on any atom is 0.283 e. The molecule has 0 saturated carbocycles. The van der Waals surface area contributed by atoms with Crippen LogP contribution in [0.25, 0.3) is 15.9 Å². The Morgan fingerprint density at radius 2 is 2.04 bits per heavy atom. The van der Waals surface area contributed by atoms with Gasteiger partial charge in [-0.3, -0.25) is 4.79 Å². The summed E-state index contributed by atoms with van der Waals surface area (Å²) in [7, 11) is 0. The lowest BCUT2D eigenvalue weighted by molar-refractivity contribution is 0.919. The molecule has 0 fully saturated rings. The van der Waals surface area contributed by atoms with Crippen LogP contribution in [0.1, 0.15) is 12.5 Å². The van der Waals surface area contributed by atoms with Gasteiger partial charge in [-0.05, 0) is 36.2 Å². The lowest BCUT2D eigenvalue weighted by Gasteiger charge is -2.03. The number of hydrogen-bond donors (Lipinski definition) is 1. The van der Waals surface area contributed by atoms with Gasteiger partial charge in [-0.1, -0.05) is 42.5 Å². The maximum absolute atomic E-state index is 12.5. The standard InChI is InChI=1S/C17H14N4OS/c1-2-11-6-5-7-12(10-11)18-16-20-21-15(22)13-8-3-4-9-14(13)19-17(21)23-16/h3-10H,2H2,1H3,(H,18,20). The first-order chi connectivity index (χ1) is 11.2. The van der Waals surface area contributed by atoms with Crippen molar-refractivity contribution >= 4 is 38.0 Å². The Balaban J connectivity index is 1.81. The van der Waals surface area contributed by atoms with Gasteiger partial charge in [-0.15, -0.1) is 5.10 Å². The second-order valence-electron chi connectivity index (χ2n) is 5.21. The zero-order chi connectivity index (χ0) is 15.8. The van der Waals surface area contributed by atoms with Crippen LogP contribution in [0.3, 0.4) is 0 Å².